The third-order valence-electron chi connectivity index (χ3n) is 4.78. The largest absolute Gasteiger partial charge is 0.497 e. The first-order valence-electron chi connectivity index (χ1n) is 9.89. The minimum absolute atomic E-state index is 0.164. The average molecular weight is 400 g/mol. The number of amides is 2. The second-order valence-corrected chi connectivity index (χ2v) is 6.99. The molecule has 1 atom stereocenters. The van der Waals surface area contributed by atoms with E-state index in [1.807, 2.05) is 12.1 Å². The van der Waals surface area contributed by atoms with Gasteiger partial charge in [0.2, 0.25) is 11.8 Å². The average Bonchev–Trinajstić information content (AvgIpc) is 2.73. The lowest BCUT2D eigenvalue weighted by Gasteiger charge is -2.29. The van der Waals surface area contributed by atoms with Crippen LogP contribution in [0.25, 0.3) is 0 Å². The van der Waals surface area contributed by atoms with Crippen molar-refractivity contribution in [3.05, 3.63) is 65.5 Å². The zero-order valence-electron chi connectivity index (χ0n) is 17.3. The van der Waals surface area contributed by atoms with Gasteiger partial charge in [-0.05, 0) is 48.7 Å². The SMILES string of the molecule is CCCCNC(=O)[C@@H](C)N(Cc1ccc(F)cc1)C(=O)Cc1ccc(OC)cc1. The van der Waals surface area contributed by atoms with Crippen molar-refractivity contribution >= 4 is 11.8 Å². The van der Waals surface area contributed by atoms with Gasteiger partial charge in [-0.2, -0.15) is 0 Å². The molecule has 156 valence electrons. The highest BCUT2D eigenvalue weighted by atomic mass is 19.1. The van der Waals surface area contributed by atoms with Crippen LogP contribution >= 0.6 is 0 Å². The number of carbonyl (C=O) groups excluding carboxylic acids is 2. The van der Waals surface area contributed by atoms with Gasteiger partial charge in [0.1, 0.15) is 17.6 Å². The number of benzene rings is 2. The van der Waals surface area contributed by atoms with Crippen LogP contribution in [0.5, 0.6) is 5.75 Å². The van der Waals surface area contributed by atoms with E-state index >= 15 is 0 Å². The number of unbranched alkanes of at least 4 members (excludes halogenated alkanes) is 1. The molecule has 0 spiro atoms. The standard InChI is InChI=1S/C23H29FN2O3/c1-4-5-14-25-23(28)17(2)26(16-19-6-10-20(24)11-7-19)22(27)15-18-8-12-21(29-3)13-9-18/h6-13,17H,4-5,14-16H2,1-3H3,(H,25,28)/t17-/m1/s1. The molecule has 0 saturated heterocycles. The number of hydrogen-bond donors (Lipinski definition) is 1. The molecule has 0 aliphatic heterocycles. The van der Waals surface area contributed by atoms with Gasteiger partial charge in [-0.3, -0.25) is 9.59 Å². The van der Waals surface area contributed by atoms with Crippen LogP contribution in [0.3, 0.4) is 0 Å². The van der Waals surface area contributed by atoms with Gasteiger partial charge >= 0.3 is 0 Å². The lowest BCUT2D eigenvalue weighted by atomic mass is 10.1. The monoisotopic (exact) mass is 400 g/mol. The quantitative estimate of drug-likeness (QED) is 0.619. The fourth-order valence-corrected chi connectivity index (χ4v) is 2.92. The summed E-state index contributed by atoms with van der Waals surface area (Å²) in [6.45, 7) is 4.58. The van der Waals surface area contributed by atoms with Crippen LogP contribution < -0.4 is 10.1 Å². The maximum Gasteiger partial charge on any atom is 0.242 e. The fourth-order valence-electron chi connectivity index (χ4n) is 2.92. The van der Waals surface area contributed by atoms with Crippen LogP contribution in [0.1, 0.15) is 37.8 Å². The van der Waals surface area contributed by atoms with Crippen molar-refractivity contribution in [1.82, 2.24) is 10.2 Å². The van der Waals surface area contributed by atoms with Crippen molar-refractivity contribution in [2.24, 2.45) is 0 Å². The molecule has 2 rings (SSSR count). The summed E-state index contributed by atoms with van der Waals surface area (Å²) in [6, 6.07) is 12.6. The molecule has 0 saturated carbocycles. The highest BCUT2D eigenvalue weighted by Gasteiger charge is 2.26. The normalized spacial score (nSPS) is 11.6. The maximum atomic E-state index is 13.2. The molecule has 0 radical (unpaired) electrons. The van der Waals surface area contributed by atoms with Crippen molar-refractivity contribution in [2.75, 3.05) is 13.7 Å². The van der Waals surface area contributed by atoms with Crippen LogP contribution in [0, 0.1) is 5.82 Å². The van der Waals surface area contributed by atoms with Crippen molar-refractivity contribution in [2.45, 2.75) is 45.7 Å². The van der Waals surface area contributed by atoms with Gasteiger partial charge in [0.25, 0.3) is 0 Å². The van der Waals surface area contributed by atoms with Gasteiger partial charge in [-0.25, -0.2) is 4.39 Å². The number of halogens is 1. The number of ether oxygens (including phenoxy) is 1. The predicted molar refractivity (Wildman–Crippen MR) is 111 cm³/mol. The first-order valence-corrected chi connectivity index (χ1v) is 9.89. The zero-order valence-corrected chi connectivity index (χ0v) is 17.3. The number of hydrogen-bond acceptors (Lipinski definition) is 3. The predicted octanol–water partition coefficient (Wildman–Crippen LogP) is 3.71. The Morgan fingerprint density at radius 1 is 1.07 bits per heavy atom. The molecule has 2 aromatic rings. The summed E-state index contributed by atoms with van der Waals surface area (Å²) in [5.74, 6) is 0.0181. The topological polar surface area (TPSA) is 58.6 Å². The minimum atomic E-state index is -0.636. The Morgan fingerprint density at radius 2 is 1.69 bits per heavy atom. The van der Waals surface area contributed by atoms with E-state index in [0.717, 1.165) is 24.0 Å². The van der Waals surface area contributed by atoms with E-state index in [2.05, 4.69) is 12.2 Å². The number of carbonyl (C=O) groups is 2. The van der Waals surface area contributed by atoms with E-state index in [0.29, 0.717) is 12.3 Å². The molecule has 0 heterocycles. The molecule has 0 aromatic heterocycles. The number of rotatable bonds is 10. The molecule has 1 N–H and O–H groups in total. The molecule has 0 aliphatic carbocycles. The van der Waals surface area contributed by atoms with E-state index in [9.17, 15) is 14.0 Å². The molecular formula is C23H29FN2O3. The van der Waals surface area contributed by atoms with Gasteiger partial charge in [0, 0.05) is 13.1 Å². The number of methoxy groups -OCH3 is 1. The molecule has 0 unspecified atom stereocenters. The second kappa shape index (κ2) is 11.2. The summed E-state index contributed by atoms with van der Waals surface area (Å²) < 4.78 is 18.4. The number of nitrogens with zero attached hydrogens (tertiary/aromatic N) is 1. The van der Waals surface area contributed by atoms with E-state index in [1.165, 1.54) is 12.1 Å². The van der Waals surface area contributed by atoms with Crippen LogP contribution in [-0.2, 0) is 22.6 Å². The summed E-state index contributed by atoms with van der Waals surface area (Å²) in [5.41, 5.74) is 1.60. The Balaban J connectivity index is 2.15. The molecule has 0 aliphatic rings. The van der Waals surface area contributed by atoms with Crippen molar-refractivity contribution in [3.8, 4) is 5.75 Å². The summed E-state index contributed by atoms with van der Waals surface area (Å²) >= 11 is 0. The molecule has 0 bridgehead atoms. The zero-order chi connectivity index (χ0) is 21.2. The third kappa shape index (κ3) is 6.89. The van der Waals surface area contributed by atoms with Gasteiger partial charge < -0.3 is 15.0 Å². The van der Waals surface area contributed by atoms with Gasteiger partial charge in [-0.1, -0.05) is 37.6 Å². The Kier molecular flexibility index (Phi) is 8.65. The van der Waals surface area contributed by atoms with Gasteiger partial charge in [-0.15, -0.1) is 0 Å². The summed E-state index contributed by atoms with van der Waals surface area (Å²) in [5, 5.41) is 2.88. The number of nitrogens with one attached hydrogen (secondary N) is 1. The molecule has 2 amide bonds. The Labute approximate surface area is 171 Å². The van der Waals surface area contributed by atoms with Crippen molar-refractivity contribution in [1.29, 1.82) is 0 Å². The highest BCUT2D eigenvalue weighted by Crippen LogP contribution is 2.15. The Bertz CT molecular complexity index is 791. The van der Waals surface area contributed by atoms with Gasteiger partial charge in [0.15, 0.2) is 0 Å². The fraction of sp³-hybridized carbons (Fsp3) is 0.391. The first kappa shape index (κ1) is 22.4. The lowest BCUT2D eigenvalue weighted by Crippen LogP contribution is -2.48. The van der Waals surface area contributed by atoms with Gasteiger partial charge in [0.05, 0.1) is 13.5 Å². The van der Waals surface area contributed by atoms with E-state index in [4.69, 9.17) is 4.74 Å². The van der Waals surface area contributed by atoms with Crippen LogP contribution in [-0.4, -0.2) is 36.4 Å². The minimum Gasteiger partial charge on any atom is -0.497 e. The van der Waals surface area contributed by atoms with Crippen molar-refractivity contribution in [3.63, 3.8) is 0 Å². The third-order valence-corrected chi connectivity index (χ3v) is 4.78. The lowest BCUT2D eigenvalue weighted by molar-refractivity contribution is -0.140. The summed E-state index contributed by atoms with van der Waals surface area (Å²) in [4.78, 5) is 27.2. The Hall–Kier alpha value is -2.89. The highest BCUT2D eigenvalue weighted by molar-refractivity contribution is 5.88. The maximum absolute atomic E-state index is 13.2. The Morgan fingerprint density at radius 3 is 2.28 bits per heavy atom. The molecule has 29 heavy (non-hydrogen) atoms. The molecule has 0 fully saturated rings. The van der Waals surface area contributed by atoms with Crippen molar-refractivity contribution < 1.29 is 18.7 Å². The smallest absolute Gasteiger partial charge is 0.242 e. The molecule has 2 aromatic carbocycles. The second-order valence-electron chi connectivity index (χ2n) is 6.99. The van der Waals surface area contributed by atoms with Crippen LogP contribution in [0.2, 0.25) is 0 Å². The summed E-state index contributed by atoms with van der Waals surface area (Å²) in [7, 11) is 1.59. The van der Waals surface area contributed by atoms with E-state index < -0.39 is 6.04 Å². The van der Waals surface area contributed by atoms with E-state index in [-0.39, 0.29) is 30.6 Å². The molecular weight excluding hydrogens is 371 g/mol. The summed E-state index contributed by atoms with van der Waals surface area (Å²) in [6.07, 6.45) is 2.03. The van der Waals surface area contributed by atoms with Crippen LogP contribution in [0.15, 0.2) is 48.5 Å². The first-order chi connectivity index (χ1) is 13.9. The van der Waals surface area contributed by atoms with Crippen LogP contribution in [0.4, 0.5) is 4.39 Å². The van der Waals surface area contributed by atoms with E-state index in [1.54, 1.807) is 43.2 Å². The molecule has 5 nitrogen and oxygen atoms in total. The molecule has 6 heteroatoms.